The first-order valence-electron chi connectivity index (χ1n) is 4.87. The highest BCUT2D eigenvalue weighted by molar-refractivity contribution is 7.90. The van der Waals surface area contributed by atoms with Crippen LogP contribution in [0.15, 0.2) is 18.2 Å². The van der Waals surface area contributed by atoms with Crippen LogP contribution in [-0.4, -0.2) is 32.2 Å². The Hall–Kier alpha value is -1.88. The quantitative estimate of drug-likeness (QED) is 0.714. The van der Waals surface area contributed by atoms with Crippen molar-refractivity contribution in [2.75, 3.05) is 11.3 Å². The van der Waals surface area contributed by atoms with Crippen LogP contribution < -0.4 is 9.44 Å². The minimum atomic E-state index is -4.75. The van der Waals surface area contributed by atoms with E-state index in [0.29, 0.717) is 12.1 Å². The summed E-state index contributed by atoms with van der Waals surface area (Å²) in [6.07, 6.45) is -4.75. The summed E-state index contributed by atoms with van der Waals surface area (Å²) in [6.45, 7) is -1.80. The van der Waals surface area contributed by atoms with Crippen LogP contribution in [0.3, 0.4) is 0 Å². The van der Waals surface area contributed by atoms with Gasteiger partial charge in [-0.15, -0.1) is 0 Å². The summed E-state index contributed by atoms with van der Waals surface area (Å²) in [7, 11) is -4.56. The SMILES string of the molecule is O=C(O)c1cc(NS(=O)(=O)NCC(F)(F)F)ccc1F. The number of rotatable bonds is 5. The van der Waals surface area contributed by atoms with Gasteiger partial charge >= 0.3 is 12.1 Å². The van der Waals surface area contributed by atoms with E-state index < -0.39 is 46.0 Å². The Morgan fingerprint density at radius 2 is 1.90 bits per heavy atom. The van der Waals surface area contributed by atoms with Crippen LogP contribution in [0.25, 0.3) is 0 Å². The molecule has 1 aromatic carbocycles. The summed E-state index contributed by atoms with van der Waals surface area (Å²) < 4.78 is 74.0. The molecule has 20 heavy (non-hydrogen) atoms. The summed E-state index contributed by atoms with van der Waals surface area (Å²) in [5.41, 5.74) is -1.21. The molecule has 11 heteroatoms. The number of anilines is 1. The molecule has 0 saturated heterocycles. The zero-order valence-corrected chi connectivity index (χ0v) is 10.3. The molecule has 6 nitrogen and oxygen atoms in total. The maximum absolute atomic E-state index is 13.0. The minimum Gasteiger partial charge on any atom is -0.478 e. The number of carbonyl (C=O) groups is 1. The van der Waals surface area contributed by atoms with Crippen molar-refractivity contribution < 1.29 is 35.9 Å². The Balaban J connectivity index is 2.88. The van der Waals surface area contributed by atoms with E-state index in [1.165, 1.54) is 4.72 Å². The largest absolute Gasteiger partial charge is 0.478 e. The van der Waals surface area contributed by atoms with Gasteiger partial charge in [-0.2, -0.15) is 26.3 Å². The predicted molar refractivity (Wildman–Crippen MR) is 60.0 cm³/mol. The van der Waals surface area contributed by atoms with Gasteiger partial charge in [0.2, 0.25) is 0 Å². The third-order valence-corrected chi connectivity index (χ3v) is 2.94. The summed E-state index contributed by atoms with van der Waals surface area (Å²) in [5.74, 6) is -2.75. The van der Waals surface area contributed by atoms with Crippen molar-refractivity contribution in [3.63, 3.8) is 0 Å². The average Bonchev–Trinajstić information content (AvgIpc) is 2.28. The van der Waals surface area contributed by atoms with Gasteiger partial charge in [0.05, 0.1) is 11.3 Å². The molecule has 0 spiro atoms. The van der Waals surface area contributed by atoms with E-state index in [1.807, 2.05) is 0 Å². The number of aromatic carboxylic acids is 1. The average molecular weight is 316 g/mol. The van der Waals surface area contributed by atoms with E-state index in [4.69, 9.17) is 5.11 Å². The lowest BCUT2D eigenvalue weighted by Crippen LogP contribution is -2.37. The highest BCUT2D eigenvalue weighted by Crippen LogP contribution is 2.17. The molecule has 0 aliphatic heterocycles. The lowest BCUT2D eigenvalue weighted by Gasteiger charge is -2.11. The van der Waals surface area contributed by atoms with E-state index in [2.05, 4.69) is 0 Å². The molecule has 1 rings (SSSR count). The van der Waals surface area contributed by atoms with Gasteiger partial charge < -0.3 is 5.11 Å². The summed E-state index contributed by atoms with van der Waals surface area (Å²) in [5, 5.41) is 8.62. The van der Waals surface area contributed by atoms with Crippen LogP contribution in [-0.2, 0) is 10.2 Å². The number of carboxylic acid groups (broad SMARTS) is 1. The molecule has 1 aromatic rings. The van der Waals surface area contributed by atoms with Crippen molar-refractivity contribution in [3.8, 4) is 0 Å². The fourth-order valence-electron chi connectivity index (χ4n) is 1.12. The van der Waals surface area contributed by atoms with E-state index in [-0.39, 0.29) is 0 Å². The van der Waals surface area contributed by atoms with E-state index in [0.717, 1.165) is 6.07 Å². The first-order chi connectivity index (χ1) is 9.00. The highest BCUT2D eigenvalue weighted by Gasteiger charge is 2.29. The molecule has 0 aliphatic rings. The number of halogens is 4. The molecular weight excluding hydrogens is 308 g/mol. The smallest absolute Gasteiger partial charge is 0.402 e. The Kier molecular flexibility index (Phi) is 4.55. The van der Waals surface area contributed by atoms with Crippen LogP contribution in [0.4, 0.5) is 23.2 Å². The van der Waals surface area contributed by atoms with Crippen LogP contribution in [0.1, 0.15) is 10.4 Å². The Bertz CT molecular complexity index is 615. The molecule has 0 amide bonds. The van der Waals surface area contributed by atoms with E-state index >= 15 is 0 Å². The molecule has 0 bridgehead atoms. The number of hydrogen-bond donors (Lipinski definition) is 3. The van der Waals surface area contributed by atoms with E-state index in [9.17, 15) is 30.8 Å². The van der Waals surface area contributed by atoms with Crippen LogP contribution in [0, 0.1) is 5.82 Å². The molecule has 112 valence electrons. The van der Waals surface area contributed by atoms with Crippen molar-refractivity contribution in [3.05, 3.63) is 29.6 Å². The predicted octanol–water partition coefficient (Wildman–Crippen LogP) is 1.33. The van der Waals surface area contributed by atoms with Crippen molar-refractivity contribution >= 4 is 21.9 Å². The van der Waals surface area contributed by atoms with Gasteiger partial charge in [-0.3, -0.25) is 4.72 Å². The zero-order chi connectivity index (χ0) is 15.6. The summed E-state index contributed by atoms with van der Waals surface area (Å²) in [4.78, 5) is 10.6. The second-order valence-corrected chi connectivity index (χ2v) is 5.04. The van der Waals surface area contributed by atoms with Gasteiger partial charge in [-0.05, 0) is 18.2 Å². The molecule has 0 aliphatic carbocycles. The van der Waals surface area contributed by atoms with E-state index in [1.54, 1.807) is 4.72 Å². The Morgan fingerprint density at radius 1 is 1.30 bits per heavy atom. The fourth-order valence-corrected chi connectivity index (χ4v) is 1.98. The molecule has 0 atom stereocenters. The normalized spacial score (nSPS) is 12.2. The maximum atomic E-state index is 13.0. The minimum absolute atomic E-state index is 0.390. The molecule has 0 saturated carbocycles. The van der Waals surface area contributed by atoms with Crippen molar-refractivity contribution in [2.45, 2.75) is 6.18 Å². The third-order valence-electron chi connectivity index (χ3n) is 1.91. The van der Waals surface area contributed by atoms with Gasteiger partial charge in [-0.1, -0.05) is 0 Å². The first kappa shape index (κ1) is 16.2. The molecule has 3 N–H and O–H groups in total. The van der Waals surface area contributed by atoms with Crippen LogP contribution in [0.5, 0.6) is 0 Å². The molecular formula is C9H8F4N2O4S. The molecule has 0 fully saturated rings. The maximum Gasteiger partial charge on any atom is 0.402 e. The third kappa shape index (κ3) is 5.01. The molecule has 0 unspecified atom stereocenters. The number of hydrogen-bond acceptors (Lipinski definition) is 3. The molecule has 0 heterocycles. The van der Waals surface area contributed by atoms with Crippen molar-refractivity contribution in [1.82, 2.24) is 4.72 Å². The second kappa shape index (κ2) is 5.63. The van der Waals surface area contributed by atoms with Gasteiger partial charge in [-0.25, -0.2) is 9.18 Å². The van der Waals surface area contributed by atoms with Crippen molar-refractivity contribution in [1.29, 1.82) is 0 Å². The number of carboxylic acids is 1. The number of benzene rings is 1. The van der Waals surface area contributed by atoms with Crippen molar-refractivity contribution in [2.24, 2.45) is 0 Å². The highest BCUT2D eigenvalue weighted by atomic mass is 32.2. The van der Waals surface area contributed by atoms with Gasteiger partial charge in [0, 0.05) is 0 Å². The topological polar surface area (TPSA) is 95.5 Å². The van der Waals surface area contributed by atoms with Gasteiger partial charge in [0.15, 0.2) is 0 Å². The summed E-state index contributed by atoms with van der Waals surface area (Å²) >= 11 is 0. The van der Waals surface area contributed by atoms with Crippen LogP contribution >= 0.6 is 0 Å². The first-order valence-corrected chi connectivity index (χ1v) is 6.35. The monoisotopic (exact) mass is 316 g/mol. The van der Waals surface area contributed by atoms with Gasteiger partial charge in [0.25, 0.3) is 10.2 Å². The number of nitrogens with one attached hydrogen (secondary N) is 2. The summed E-state index contributed by atoms with van der Waals surface area (Å²) in [6, 6.07) is 2.18. The van der Waals surface area contributed by atoms with Crippen LogP contribution in [0.2, 0.25) is 0 Å². The number of alkyl halides is 3. The fraction of sp³-hybridized carbons (Fsp3) is 0.222. The standard InChI is InChI=1S/C9H8F4N2O4S/c10-7-2-1-5(3-6(7)8(16)17)15-20(18,19)14-4-9(11,12)13/h1-3,14-15H,4H2,(H,16,17). The Labute approximate surface area is 110 Å². The second-order valence-electron chi connectivity index (χ2n) is 3.54. The van der Waals surface area contributed by atoms with Gasteiger partial charge in [0.1, 0.15) is 12.4 Å². The molecule has 0 aromatic heterocycles. The Morgan fingerprint density at radius 3 is 2.40 bits per heavy atom. The zero-order valence-electron chi connectivity index (χ0n) is 9.53. The lowest BCUT2D eigenvalue weighted by atomic mass is 10.2. The lowest BCUT2D eigenvalue weighted by molar-refractivity contribution is -0.121. The molecule has 0 radical (unpaired) electrons.